The molecule has 1 aliphatic carbocycles. The number of hydrogen-bond donors (Lipinski definition) is 2. The normalized spacial score (nSPS) is 15.4. The summed E-state index contributed by atoms with van der Waals surface area (Å²) in [5.41, 5.74) is 5.96. The van der Waals surface area contributed by atoms with E-state index in [0.29, 0.717) is 23.5 Å². The predicted molar refractivity (Wildman–Crippen MR) is 174 cm³/mol. The molecule has 40 heavy (non-hydrogen) atoms. The van der Waals surface area contributed by atoms with E-state index in [-0.39, 0.29) is 11.8 Å². The van der Waals surface area contributed by atoms with E-state index in [4.69, 9.17) is 11.6 Å². The number of carbonyl (C=O) groups is 2. The fourth-order valence-corrected chi connectivity index (χ4v) is 5.41. The quantitative estimate of drug-likeness (QED) is 0.329. The van der Waals surface area contributed by atoms with Crippen molar-refractivity contribution >= 4 is 23.4 Å². The highest BCUT2D eigenvalue weighted by molar-refractivity contribution is 6.30. The molecule has 2 aliphatic rings. The monoisotopic (exact) mass is 575 g/mol. The van der Waals surface area contributed by atoms with Gasteiger partial charge in [-0.25, -0.2) is 0 Å². The summed E-state index contributed by atoms with van der Waals surface area (Å²) in [6, 6.07) is 8.17. The van der Waals surface area contributed by atoms with Crippen LogP contribution >= 0.6 is 11.6 Å². The molecule has 4 rings (SSSR count). The van der Waals surface area contributed by atoms with Crippen LogP contribution in [-0.4, -0.2) is 22.9 Å². The van der Waals surface area contributed by atoms with Crippen molar-refractivity contribution in [2.45, 2.75) is 133 Å². The van der Waals surface area contributed by atoms with Crippen molar-refractivity contribution in [3.05, 3.63) is 57.4 Å². The van der Waals surface area contributed by atoms with Crippen LogP contribution < -0.4 is 10.6 Å². The zero-order valence-electron chi connectivity index (χ0n) is 27.2. The van der Waals surface area contributed by atoms with E-state index < -0.39 is 0 Å². The van der Waals surface area contributed by atoms with Crippen LogP contribution in [0.25, 0.3) is 0 Å². The molecule has 5 nitrogen and oxygen atoms in total. The van der Waals surface area contributed by atoms with E-state index in [1.54, 1.807) is 0 Å². The molecule has 0 radical (unpaired) electrons. The van der Waals surface area contributed by atoms with Crippen molar-refractivity contribution in [2.75, 3.05) is 6.54 Å². The molecule has 2 heterocycles. The summed E-state index contributed by atoms with van der Waals surface area (Å²) in [5, 5.41) is 6.56. The van der Waals surface area contributed by atoms with Gasteiger partial charge in [0.05, 0.1) is 5.56 Å². The van der Waals surface area contributed by atoms with Crippen LogP contribution in [0, 0.1) is 5.92 Å². The van der Waals surface area contributed by atoms with Gasteiger partial charge in [0, 0.05) is 42.0 Å². The second-order valence-corrected chi connectivity index (χ2v) is 10.0. The van der Waals surface area contributed by atoms with Gasteiger partial charge in [-0.1, -0.05) is 99.4 Å². The van der Waals surface area contributed by atoms with E-state index in [1.165, 1.54) is 29.8 Å². The van der Waals surface area contributed by atoms with Gasteiger partial charge in [0.2, 0.25) is 5.91 Å². The van der Waals surface area contributed by atoms with Crippen molar-refractivity contribution < 1.29 is 9.59 Å². The van der Waals surface area contributed by atoms with Crippen molar-refractivity contribution in [2.24, 2.45) is 5.92 Å². The van der Waals surface area contributed by atoms with Gasteiger partial charge in [0.25, 0.3) is 5.91 Å². The summed E-state index contributed by atoms with van der Waals surface area (Å²) in [7, 11) is 0. The molecule has 2 aromatic rings. The minimum Gasteiger partial charge on any atom is -0.356 e. The average Bonchev–Trinajstić information content (AvgIpc) is 3.70. The molecule has 1 saturated heterocycles. The fourth-order valence-electron chi connectivity index (χ4n) is 5.28. The Kier molecular flexibility index (Phi) is 20.3. The molecular weight excluding hydrogens is 518 g/mol. The van der Waals surface area contributed by atoms with Gasteiger partial charge in [-0.2, -0.15) is 0 Å². The maximum Gasteiger partial charge on any atom is 0.253 e. The molecule has 1 aliphatic heterocycles. The van der Waals surface area contributed by atoms with Crippen LogP contribution in [0.3, 0.4) is 0 Å². The molecule has 228 valence electrons. The van der Waals surface area contributed by atoms with E-state index in [9.17, 15) is 9.59 Å². The topological polar surface area (TPSA) is 63.1 Å². The Hall–Kier alpha value is -2.27. The number of rotatable bonds is 8. The zero-order valence-corrected chi connectivity index (χ0v) is 27.9. The van der Waals surface area contributed by atoms with Gasteiger partial charge in [0.1, 0.15) is 0 Å². The van der Waals surface area contributed by atoms with Crippen LogP contribution in [-0.2, 0) is 30.6 Å². The third kappa shape index (κ3) is 11.0. The summed E-state index contributed by atoms with van der Waals surface area (Å²) in [5.74, 6) is 0.890. The lowest BCUT2D eigenvalue weighted by atomic mass is 10.0. The van der Waals surface area contributed by atoms with E-state index >= 15 is 0 Å². The van der Waals surface area contributed by atoms with Gasteiger partial charge in [0.15, 0.2) is 0 Å². The van der Waals surface area contributed by atoms with Crippen molar-refractivity contribution in [3.63, 3.8) is 0 Å². The van der Waals surface area contributed by atoms with Crippen LogP contribution in [0.15, 0.2) is 24.3 Å². The van der Waals surface area contributed by atoms with Crippen LogP contribution in [0.5, 0.6) is 0 Å². The van der Waals surface area contributed by atoms with E-state index in [1.807, 2.05) is 65.8 Å². The highest BCUT2D eigenvalue weighted by atomic mass is 35.5. The first-order valence-corrected chi connectivity index (χ1v) is 16.3. The maximum atomic E-state index is 13.3. The molecule has 2 N–H and O–H groups in total. The number of aromatic nitrogens is 1. The molecule has 1 aromatic carbocycles. The van der Waals surface area contributed by atoms with Crippen LogP contribution in [0.4, 0.5) is 0 Å². The first-order valence-electron chi connectivity index (χ1n) is 15.9. The van der Waals surface area contributed by atoms with Gasteiger partial charge in [-0.3, -0.25) is 9.59 Å². The summed E-state index contributed by atoms with van der Waals surface area (Å²) in [6.07, 6.45) is 8.22. The van der Waals surface area contributed by atoms with Crippen molar-refractivity contribution in [3.8, 4) is 0 Å². The summed E-state index contributed by atoms with van der Waals surface area (Å²) in [4.78, 5) is 23.4. The number of nitrogens with one attached hydrogen (secondary N) is 2. The Balaban J connectivity index is 0.00000107. The highest BCUT2D eigenvalue weighted by Crippen LogP contribution is 2.38. The zero-order chi connectivity index (χ0) is 30.7. The number of carbonyl (C=O) groups excluding carboxylic acids is 2. The number of halogens is 1. The predicted octanol–water partition coefficient (Wildman–Crippen LogP) is 9.09. The van der Waals surface area contributed by atoms with Crippen LogP contribution in [0.1, 0.15) is 140 Å². The summed E-state index contributed by atoms with van der Waals surface area (Å²) in [6.45, 7) is 22.4. The molecular formula is C34H58ClN3O2. The SMILES string of the molecule is CC.CC.CC.CCCC(CC)n1c2c(c(C(=O)NCc3ccc(Cl)cc3)c1CC)CC(C)C2.O=C1CCCN1. The molecule has 2 amide bonds. The molecule has 0 bridgehead atoms. The molecule has 6 heteroatoms. The van der Waals surface area contributed by atoms with Gasteiger partial charge >= 0.3 is 0 Å². The number of benzene rings is 1. The first-order chi connectivity index (χ1) is 19.4. The lowest BCUT2D eigenvalue weighted by Gasteiger charge is -2.23. The molecule has 0 saturated carbocycles. The van der Waals surface area contributed by atoms with Crippen LogP contribution in [0.2, 0.25) is 5.02 Å². The lowest BCUT2D eigenvalue weighted by Crippen LogP contribution is -2.25. The fraction of sp³-hybridized carbons (Fsp3) is 0.647. The molecule has 1 fully saturated rings. The minimum atomic E-state index is 0.0715. The average molecular weight is 576 g/mol. The standard InChI is InChI=1S/C24H33ClN2O.C4H7NO.3C2H6/c1-5-8-19(6-2)27-21(7-3)23(20-13-16(4)14-22(20)27)24(28)26-15-17-9-11-18(25)12-10-17;6-4-2-1-3-5-4;3*1-2/h9-12,16,19H,5-8,13-15H2,1-4H3,(H,26,28);1-3H2,(H,5,6);3*1-2H3. The minimum absolute atomic E-state index is 0.0715. The van der Waals surface area contributed by atoms with E-state index in [0.717, 1.165) is 56.2 Å². The third-order valence-corrected chi connectivity index (χ3v) is 7.16. The highest BCUT2D eigenvalue weighted by Gasteiger charge is 2.33. The third-order valence-electron chi connectivity index (χ3n) is 6.90. The van der Waals surface area contributed by atoms with Crippen molar-refractivity contribution in [1.29, 1.82) is 0 Å². The summed E-state index contributed by atoms with van der Waals surface area (Å²) >= 11 is 5.97. The first kappa shape index (κ1) is 37.7. The molecule has 2 unspecified atom stereocenters. The smallest absolute Gasteiger partial charge is 0.253 e. The Morgan fingerprint density at radius 3 is 2.12 bits per heavy atom. The Labute approximate surface area is 250 Å². The number of hydrogen-bond acceptors (Lipinski definition) is 2. The number of fused-ring (bicyclic) bond motifs is 1. The van der Waals surface area contributed by atoms with Gasteiger partial charge < -0.3 is 15.2 Å². The van der Waals surface area contributed by atoms with E-state index in [2.05, 4.69) is 42.9 Å². The maximum absolute atomic E-state index is 13.3. The summed E-state index contributed by atoms with van der Waals surface area (Å²) < 4.78 is 2.54. The second-order valence-electron chi connectivity index (χ2n) is 9.60. The molecule has 1 aromatic heterocycles. The van der Waals surface area contributed by atoms with Gasteiger partial charge in [-0.05, 0) is 67.7 Å². The molecule has 2 atom stereocenters. The number of nitrogens with zero attached hydrogens (tertiary/aromatic N) is 1. The largest absolute Gasteiger partial charge is 0.356 e. The Bertz CT molecular complexity index is 974. The Morgan fingerprint density at radius 2 is 1.68 bits per heavy atom. The molecule has 0 spiro atoms. The lowest BCUT2D eigenvalue weighted by molar-refractivity contribution is -0.119. The van der Waals surface area contributed by atoms with Gasteiger partial charge in [-0.15, -0.1) is 0 Å². The second kappa shape index (κ2) is 21.5. The number of amides is 2. The van der Waals surface area contributed by atoms with Crippen molar-refractivity contribution in [1.82, 2.24) is 15.2 Å². The Morgan fingerprint density at radius 1 is 1.05 bits per heavy atom.